The number of hydrogen-bond donors (Lipinski definition) is 0. The van der Waals surface area contributed by atoms with E-state index in [1.165, 1.54) is 21.5 Å². The van der Waals surface area contributed by atoms with Crippen LogP contribution in [0.25, 0.3) is 60.6 Å². The van der Waals surface area contributed by atoms with Gasteiger partial charge < -0.3 is 4.74 Å². The summed E-state index contributed by atoms with van der Waals surface area (Å²) in [6.07, 6.45) is 8.98. The van der Waals surface area contributed by atoms with Crippen molar-refractivity contribution in [2.45, 2.75) is 6.92 Å². The Morgan fingerprint density at radius 3 is 1.62 bits per heavy atom. The lowest BCUT2D eigenvalue weighted by Gasteiger charge is -2.07. The van der Waals surface area contributed by atoms with Crippen LogP contribution in [0.3, 0.4) is 0 Å². The SMILES string of the molecule is C=C(C)C(=O)Oc1ccccc1-c1nc2ccccc2s1.C=Cc1ccc(C#Cc2ccc3ccccc3c2)cc1.C=Cc1ccc(C#Cc2cccc3ccccc23)cc1.C=Cc1ccc(C#Cc2cccnc2)cc1. The molecule has 77 heavy (non-hydrogen) atoms. The quantitative estimate of drug-likeness (QED) is 0.0721. The van der Waals surface area contributed by atoms with Crippen molar-refractivity contribution in [3.8, 4) is 51.8 Å². The van der Waals surface area contributed by atoms with Gasteiger partial charge in [-0.25, -0.2) is 9.78 Å². The van der Waals surface area contributed by atoms with Gasteiger partial charge in [-0.1, -0.05) is 207 Å². The molecule has 4 nitrogen and oxygen atoms in total. The normalized spacial score (nSPS) is 9.83. The van der Waals surface area contributed by atoms with Gasteiger partial charge in [0, 0.05) is 51.3 Å². The summed E-state index contributed by atoms with van der Waals surface area (Å²) in [5.74, 6) is 19.1. The molecular formula is C72H52N2O2S. The van der Waals surface area contributed by atoms with Crippen molar-refractivity contribution in [1.82, 2.24) is 9.97 Å². The largest absolute Gasteiger partial charge is 0.422 e. The summed E-state index contributed by atoms with van der Waals surface area (Å²) in [7, 11) is 0. The van der Waals surface area contributed by atoms with Crippen LogP contribution < -0.4 is 4.74 Å². The van der Waals surface area contributed by atoms with Gasteiger partial charge in [-0.3, -0.25) is 4.98 Å². The Kier molecular flexibility index (Phi) is 18.6. The zero-order chi connectivity index (χ0) is 53.6. The molecule has 0 amide bonds. The second kappa shape index (κ2) is 27.1. The average molecular weight is 1010 g/mol. The molecule has 11 aromatic rings. The van der Waals surface area contributed by atoms with E-state index in [-0.39, 0.29) is 0 Å². The highest BCUT2D eigenvalue weighted by atomic mass is 32.1. The molecule has 0 fully saturated rings. The maximum Gasteiger partial charge on any atom is 0.338 e. The molecule has 2 heterocycles. The Hall–Kier alpha value is -10.4. The maximum absolute atomic E-state index is 11.7. The lowest BCUT2D eigenvalue weighted by molar-refractivity contribution is -0.130. The molecule has 0 saturated heterocycles. The van der Waals surface area contributed by atoms with Gasteiger partial charge >= 0.3 is 5.97 Å². The fourth-order valence-electron chi connectivity index (χ4n) is 7.48. The molecule has 0 radical (unpaired) electrons. The lowest BCUT2D eigenvalue weighted by atomic mass is 10.0. The monoisotopic (exact) mass is 1010 g/mol. The van der Waals surface area contributed by atoms with Gasteiger partial charge in [0.2, 0.25) is 0 Å². The molecular weight excluding hydrogens is 957 g/mol. The fraction of sp³-hybridized carbons (Fsp3) is 0.0139. The summed E-state index contributed by atoms with van der Waals surface area (Å²) < 4.78 is 6.49. The second-order valence-corrected chi connectivity index (χ2v) is 18.2. The number of esters is 1. The van der Waals surface area contributed by atoms with Gasteiger partial charge in [-0.15, -0.1) is 11.3 Å². The van der Waals surface area contributed by atoms with Crippen LogP contribution in [-0.4, -0.2) is 15.9 Å². The number of aromatic nitrogens is 2. The number of para-hydroxylation sites is 2. The number of hydrogen-bond acceptors (Lipinski definition) is 5. The van der Waals surface area contributed by atoms with Crippen LogP contribution in [0.1, 0.15) is 57.0 Å². The Morgan fingerprint density at radius 1 is 0.494 bits per heavy atom. The van der Waals surface area contributed by atoms with E-state index in [0.29, 0.717) is 11.3 Å². The summed E-state index contributed by atoms with van der Waals surface area (Å²) in [6, 6.07) is 72.5. The van der Waals surface area contributed by atoms with Crippen LogP contribution in [0, 0.1) is 35.5 Å². The maximum atomic E-state index is 11.7. The zero-order valence-electron chi connectivity index (χ0n) is 42.6. The molecule has 0 aliphatic heterocycles. The molecule has 0 aliphatic rings. The molecule has 5 heteroatoms. The first-order valence-corrected chi connectivity index (χ1v) is 25.5. The van der Waals surface area contributed by atoms with Crippen LogP contribution in [0.4, 0.5) is 0 Å². The third-order valence-corrected chi connectivity index (χ3v) is 12.7. The van der Waals surface area contributed by atoms with Gasteiger partial charge in [0.15, 0.2) is 0 Å². The first kappa shape index (κ1) is 53.0. The summed E-state index contributed by atoms with van der Waals surface area (Å²) in [6.45, 7) is 16.4. The molecule has 0 atom stereocenters. The Labute approximate surface area is 455 Å². The summed E-state index contributed by atoms with van der Waals surface area (Å²) >= 11 is 1.58. The van der Waals surface area contributed by atoms with Crippen molar-refractivity contribution in [2.75, 3.05) is 0 Å². The predicted molar refractivity (Wildman–Crippen MR) is 325 cm³/mol. The minimum atomic E-state index is -0.427. The molecule has 368 valence electrons. The van der Waals surface area contributed by atoms with E-state index < -0.39 is 5.97 Å². The minimum Gasteiger partial charge on any atom is -0.422 e. The highest BCUT2D eigenvalue weighted by Gasteiger charge is 2.14. The summed E-state index contributed by atoms with van der Waals surface area (Å²) in [4.78, 5) is 20.3. The van der Waals surface area contributed by atoms with Crippen LogP contribution in [0.15, 0.2) is 263 Å². The number of benzene rings is 9. The average Bonchev–Trinajstić information content (AvgIpc) is 3.94. The van der Waals surface area contributed by atoms with Crippen LogP contribution in [0.5, 0.6) is 5.75 Å². The molecule has 9 aromatic carbocycles. The number of pyridine rings is 1. The molecule has 0 bridgehead atoms. The highest BCUT2D eigenvalue weighted by Crippen LogP contribution is 2.36. The van der Waals surface area contributed by atoms with Crippen LogP contribution >= 0.6 is 11.3 Å². The van der Waals surface area contributed by atoms with Gasteiger partial charge in [0.05, 0.1) is 15.8 Å². The molecule has 0 N–H and O–H groups in total. The summed E-state index contributed by atoms with van der Waals surface area (Å²) in [5, 5.41) is 5.72. The number of ether oxygens (including phenoxy) is 1. The van der Waals surface area contributed by atoms with E-state index in [0.717, 1.165) is 70.9 Å². The van der Waals surface area contributed by atoms with Gasteiger partial charge in [-0.05, 0) is 136 Å². The lowest BCUT2D eigenvalue weighted by Crippen LogP contribution is -2.08. The number of carbonyl (C=O) groups is 1. The smallest absolute Gasteiger partial charge is 0.338 e. The van der Waals surface area contributed by atoms with Gasteiger partial charge in [-0.2, -0.15) is 0 Å². The topological polar surface area (TPSA) is 52.1 Å². The van der Waals surface area contributed by atoms with Crippen molar-refractivity contribution in [2.24, 2.45) is 0 Å². The van der Waals surface area contributed by atoms with Crippen molar-refractivity contribution in [3.05, 3.63) is 313 Å². The number of thiazole rings is 1. The first-order chi connectivity index (χ1) is 37.7. The zero-order valence-corrected chi connectivity index (χ0v) is 43.4. The van der Waals surface area contributed by atoms with E-state index in [4.69, 9.17) is 4.74 Å². The van der Waals surface area contributed by atoms with Crippen molar-refractivity contribution < 1.29 is 9.53 Å². The molecule has 2 aromatic heterocycles. The van der Waals surface area contributed by atoms with Crippen molar-refractivity contribution in [1.29, 1.82) is 0 Å². The summed E-state index contributed by atoms with van der Waals surface area (Å²) in [5.41, 5.74) is 11.5. The number of carbonyl (C=O) groups excluding carboxylic acids is 1. The number of fused-ring (bicyclic) bond motifs is 3. The highest BCUT2D eigenvalue weighted by molar-refractivity contribution is 7.21. The Bertz CT molecular complexity index is 4020. The van der Waals surface area contributed by atoms with Gasteiger partial charge in [0.1, 0.15) is 10.8 Å². The molecule has 0 saturated carbocycles. The van der Waals surface area contributed by atoms with E-state index in [9.17, 15) is 4.79 Å². The number of nitrogens with zero attached hydrogens (tertiary/aromatic N) is 2. The van der Waals surface area contributed by atoms with E-state index in [2.05, 4.69) is 132 Å². The van der Waals surface area contributed by atoms with E-state index >= 15 is 0 Å². The van der Waals surface area contributed by atoms with Crippen LogP contribution in [-0.2, 0) is 4.79 Å². The first-order valence-electron chi connectivity index (χ1n) is 24.7. The molecule has 11 rings (SSSR count). The fourth-order valence-corrected chi connectivity index (χ4v) is 8.48. The standard InChI is InChI=1S/2C20H14.C17H13NO2S.C15H11N/c1-2-16-10-12-17(13-11-16)14-15-19-8-5-7-18-6-3-4-9-20(18)19;1-2-16-7-9-17(10-8-16)11-12-18-13-14-19-5-3-4-6-20(19)15-18;1-11(2)17(19)20-14-9-5-3-7-12(14)16-18-13-8-4-6-10-15(13)21-16;1-2-13-5-7-14(8-6-13)9-10-15-4-3-11-16-12-15/h2-13H,1H2;2-10,13-15H,1H2;3-10H,1H2,2H3;2-8,11-12H,1H2. The third-order valence-electron chi connectivity index (χ3n) is 11.6. The molecule has 0 spiro atoms. The van der Waals surface area contributed by atoms with Crippen molar-refractivity contribution >= 4 is 67.3 Å². The molecule has 0 unspecified atom stereocenters. The van der Waals surface area contributed by atoms with E-state index in [1.54, 1.807) is 36.7 Å². The number of rotatable bonds is 6. The Morgan fingerprint density at radius 2 is 1.01 bits per heavy atom. The third kappa shape index (κ3) is 15.3. The Balaban J connectivity index is 0.000000136. The molecule has 0 aliphatic carbocycles. The van der Waals surface area contributed by atoms with Crippen LogP contribution in [0.2, 0.25) is 0 Å². The van der Waals surface area contributed by atoms with Gasteiger partial charge in [0.25, 0.3) is 0 Å². The predicted octanol–water partition coefficient (Wildman–Crippen LogP) is 17.3. The minimum absolute atomic E-state index is 0.370. The van der Waals surface area contributed by atoms with Crippen molar-refractivity contribution in [3.63, 3.8) is 0 Å². The van der Waals surface area contributed by atoms with E-state index in [1.807, 2.05) is 170 Å². The second-order valence-electron chi connectivity index (χ2n) is 17.2.